The van der Waals surface area contributed by atoms with E-state index in [2.05, 4.69) is 16.7 Å². The number of likely N-dealkylation sites (N-methyl/N-ethyl adjacent to an activating group) is 1. The summed E-state index contributed by atoms with van der Waals surface area (Å²) in [6.45, 7) is 7.29. The molecule has 2 saturated heterocycles. The van der Waals surface area contributed by atoms with Crippen molar-refractivity contribution in [1.82, 2.24) is 9.80 Å². The number of benzene rings is 1. The van der Waals surface area contributed by atoms with Crippen LogP contribution in [0.1, 0.15) is 6.92 Å². The fraction of sp³-hybridized carbons (Fsp3) is 0.375. The maximum Gasteiger partial charge on any atom is 0.272 e. The highest BCUT2D eigenvalue weighted by molar-refractivity contribution is 8.27. The summed E-state index contributed by atoms with van der Waals surface area (Å²) < 4.78 is 0.606. The lowest BCUT2D eigenvalue weighted by atomic mass is 10.3. The number of rotatable bonds is 3. The van der Waals surface area contributed by atoms with Gasteiger partial charge in [0.05, 0.1) is 10.6 Å². The first-order valence-electron chi connectivity index (χ1n) is 7.48. The standard InChI is InChI=1S/C16H19N3OS2/c1-2-17-8-10-18(11-9-17)12-14-15(20)19(16(21)22-14)13-6-4-3-5-7-13/h3-7,12H,2,8-11H2,1H3/b14-12-. The third-order valence-electron chi connectivity index (χ3n) is 3.96. The molecule has 1 amide bonds. The highest BCUT2D eigenvalue weighted by Gasteiger charge is 2.33. The van der Waals surface area contributed by atoms with Gasteiger partial charge in [0.2, 0.25) is 0 Å². The second kappa shape index (κ2) is 6.81. The molecular weight excluding hydrogens is 314 g/mol. The molecule has 1 aromatic carbocycles. The van der Waals surface area contributed by atoms with Crippen LogP contribution < -0.4 is 4.90 Å². The van der Waals surface area contributed by atoms with Crippen LogP contribution in [-0.4, -0.2) is 52.8 Å². The monoisotopic (exact) mass is 333 g/mol. The summed E-state index contributed by atoms with van der Waals surface area (Å²) in [5, 5.41) is 0. The molecule has 0 aliphatic carbocycles. The molecule has 0 unspecified atom stereocenters. The van der Waals surface area contributed by atoms with Crippen LogP contribution in [0.25, 0.3) is 0 Å². The number of hydrogen-bond acceptors (Lipinski definition) is 5. The first-order chi connectivity index (χ1) is 10.7. The Morgan fingerprint density at radius 3 is 2.50 bits per heavy atom. The molecule has 6 heteroatoms. The van der Waals surface area contributed by atoms with E-state index in [9.17, 15) is 4.79 Å². The molecule has 0 spiro atoms. The van der Waals surface area contributed by atoms with Crippen LogP contribution >= 0.6 is 24.0 Å². The van der Waals surface area contributed by atoms with Crippen molar-refractivity contribution >= 4 is 39.9 Å². The summed E-state index contributed by atoms with van der Waals surface area (Å²) in [5.74, 6) is -0.0147. The first kappa shape index (κ1) is 15.5. The smallest absolute Gasteiger partial charge is 0.272 e. The summed E-state index contributed by atoms with van der Waals surface area (Å²) in [6.07, 6.45) is 1.98. The van der Waals surface area contributed by atoms with Crippen LogP contribution in [0.4, 0.5) is 5.69 Å². The fourth-order valence-corrected chi connectivity index (χ4v) is 3.94. The van der Waals surface area contributed by atoms with Crippen LogP contribution in [0, 0.1) is 0 Å². The van der Waals surface area contributed by atoms with Gasteiger partial charge in [0.25, 0.3) is 5.91 Å². The summed E-state index contributed by atoms with van der Waals surface area (Å²) >= 11 is 6.77. The Kier molecular flexibility index (Phi) is 4.81. The number of hydrogen-bond donors (Lipinski definition) is 0. The fourth-order valence-electron chi connectivity index (χ4n) is 2.63. The SMILES string of the molecule is CCN1CCN(/C=C2\SC(=S)N(c3ccccc3)C2=O)CC1. The molecule has 2 fully saturated rings. The summed E-state index contributed by atoms with van der Waals surface area (Å²) in [5.41, 5.74) is 0.837. The Morgan fingerprint density at radius 2 is 1.86 bits per heavy atom. The summed E-state index contributed by atoms with van der Waals surface area (Å²) in [4.78, 5) is 19.6. The molecule has 22 heavy (non-hydrogen) atoms. The van der Waals surface area contributed by atoms with E-state index in [4.69, 9.17) is 12.2 Å². The molecule has 2 heterocycles. The molecule has 116 valence electrons. The van der Waals surface area contributed by atoms with Gasteiger partial charge in [-0.25, -0.2) is 0 Å². The van der Waals surface area contributed by atoms with Crippen molar-refractivity contribution in [3.63, 3.8) is 0 Å². The van der Waals surface area contributed by atoms with Gasteiger partial charge in [-0.3, -0.25) is 9.69 Å². The largest absolute Gasteiger partial charge is 0.374 e. The lowest BCUT2D eigenvalue weighted by molar-refractivity contribution is -0.113. The highest BCUT2D eigenvalue weighted by Crippen LogP contribution is 2.34. The van der Waals surface area contributed by atoms with E-state index in [1.165, 1.54) is 11.8 Å². The number of piperazine rings is 1. The molecule has 0 atom stereocenters. The van der Waals surface area contributed by atoms with Gasteiger partial charge in [0, 0.05) is 32.4 Å². The molecule has 0 radical (unpaired) electrons. The zero-order chi connectivity index (χ0) is 15.5. The topological polar surface area (TPSA) is 26.8 Å². The molecule has 0 bridgehead atoms. The number of carbonyl (C=O) groups is 1. The minimum atomic E-state index is -0.0147. The van der Waals surface area contributed by atoms with E-state index in [0.717, 1.165) is 43.3 Å². The number of nitrogens with zero attached hydrogens (tertiary/aromatic N) is 3. The maximum atomic E-state index is 12.6. The summed E-state index contributed by atoms with van der Waals surface area (Å²) in [6, 6.07) is 9.59. The van der Waals surface area contributed by atoms with Crippen molar-refractivity contribution < 1.29 is 4.79 Å². The Bertz CT molecular complexity index is 595. The predicted octanol–water partition coefficient (Wildman–Crippen LogP) is 2.53. The minimum absolute atomic E-state index is 0.0147. The number of thioether (sulfide) groups is 1. The lowest BCUT2D eigenvalue weighted by Crippen LogP contribution is -2.44. The van der Waals surface area contributed by atoms with Gasteiger partial charge in [-0.1, -0.05) is 49.1 Å². The lowest BCUT2D eigenvalue weighted by Gasteiger charge is -2.33. The highest BCUT2D eigenvalue weighted by atomic mass is 32.2. The number of carbonyl (C=O) groups excluding carboxylic acids is 1. The van der Waals surface area contributed by atoms with Crippen molar-refractivity contribution in [1.29, 1.82) is 0 Å². The molecule has 2 aliphatic heterocycles. The first-order valence-corrected chi connectivity index (χ1v) is 8.71. The van der Waals surface area contributed by atoms with E-state index >= 15 is 0 Å². The Morgan fingerprint density at radius 1 is 1.18 bits per heavy atom. The van der Waals surface area contributed by atoms with Crippen molar-refractivity contribution in [3.8, 4) is 0 Å². The zero-order valence-corrected chi connectivity index (χ0v) is 14.2. The number of para-hydroxylation sites is 1. The molecular formula is C16H19N3OS2. The summed E-state index contributed by atoms with van der Waals surface area (Å²) in [7, 11) is 0. The molecule has 0 saturated carbocycles. The number of thiocarbonyl (C=S) groups is 1. The van der Waals surface area contributed by atoms with Crippen molar-refractivity contribution in [2.24, 2.45) is 0 Å². The molecule has 1 aromatic rings. The normalized spacial score (nSPS) is 22.0. The van der Waals surface area contributed by atoms with Gasteiger partial charge in [-0.15, -0.1) is 0 Å². The van der Waals surface area contributed by atoms with Crippen molar-refractivity contribution in [3.05, 3.63) is 41.4 Å². The molecule has 2 aliphatic rings. The molecule has 4 nitrogen and oxygen atoms in total. The van der Waals surface area contributed by atoms with Gasteiger partial charge >= 0.3 is 0 Å². The third kappa shape index (κ3) is 3.19. The predicted molar refractivity (Wildman–Crippen MR) is 95.9 cm³/mol. The Hall–Kier alpha value is -1.37. The minimum Gasteiger partial charge on any atom is -0.374 e. The van der Waals surface area contributed by atoms with E-state index < -0.39 is 0 Å². The second-order valence-corrected chi connectivity index (χ2v) is 6.98. The van der Waals surface area contributed by atoms with Crippen LogP contribution in [0.3, 0.4) is 0 Å². The van der Waals surface area contributed by atoms with Crippen LogP contribution in [0.2, 0.25) is 0 Å². The van der Waals surface area contributed by atoms with E-state index in [1.54, 1.807) is 4.90 Å². The van der Waals surface area contributed by atoms with Crippen LogP contribution in [0.15, 0.2) is 41.4 Å². The van der Waals surface area contributed by atoms with E-state index in [1.807, 2.05) is 36.5 Å². The Labute approximate surface area is 140 Å². The second-order valence-electron chi connectivity index (χ2n) is 5.31. The van der Waals surface area contributed by atoms with Gasteiger partial charge in [0.1, 0.15) is 0 Å². The van der Waals surface area contributed by atoms with Crippen molar-refractivity contribution in [2.75, 3.05) is 37.6 Å². The molecule has 0 N–H and O–H groups in total. The van der Waals surface area contributed by atoms with E-state index in [0.29, 0.717) is 4.32 Å². The van der Waals surface area contributed by atoms with Gasteiger partial charge < -0.3 is 9.80 Å². The Balaban J connectivity index is 1.73. The average Bonchev–Trinajstić information content (AvgIpc) is 2.83. The average molecular weight is 333 g/mol. The third-order valence-corrected chi connectivity index (χ3v) is 5.25. The van der Waals surface area contributed by atoms with Crippen LogP contribution in [-0.2, 0) is 4.79 Å². The van der Waals surface area contributed by atoms with Crippen LogP contribution in [0.5, 0.6) is 0 Å². The number of amides is 1. The van der Waals surface area contributed by atoms with Gasteiger partial charge in [0.15, 0.2) is 4.32 Å². The quantitative estimate of drug-likeness (QED) is 0.626. The zero-order valence-electron chi connectivity index (χ0n) is 12.6. The maximum absolute atomic E-state index is 12.6. The van der Waals surface area contributed by atoms with E-state index in [-0.39, 0.29) is 5.91 Å². The van der Waals surface area contributed by atoms with Gasteiger partial charge in [-0.2, -0.15) is 0 Å². The van der Waals surface area contributed by atoms with Crippen molar-refractivity contribution in [2.45, 2.75) is 6.92 Å². The van der Waals surface area contributed by atoms with Gasteiger partial charge in [-0.05, 0) is 18.7 Å². The molecule has 0 aromatic heterocycles. The molecule has 3 rings (SSSR count). The number of anilines is 1.